The van der Waals surface area contributed by atoms with Crippen molar-refractivity contribution >= 4 is 0 Å². The average Bonchev–Trinajstić information content (AvgIpc) is 2.37. The maximum atomic E-state index is 9.32. The summed E-state index contributed by atoms with van der Waals surface area (Å²) in [6.07, 6.45) is 12.8. The fourth-order valence-electron chi connectivity index (χ4n) is 1.97. The molecule has 0 heterocycles. The van der Waals surface area contributed by atoms with Gasteiger partial charge in [-0.25, -0.2) is 0 Å². The van der Waals surface area contributed by atoms with E-state index in [0.29, 0.717) is 12.2 Å². The highest BCUT2D eigenvalue weighted by atomic mass is 16.5. The number of aliphatic hydroxyl groups is 1. The van der Waals surface area contributed by atoms with Crippen LogP contribution in [-0.2, 0) is 9.47 Å². The third kappa shape index (κ3) is 2.85. The molecule has 0 saturated carbocycles. The van der Waals surface area contributed by atoms with Crippen molar-refractivity contribution in [3.63, 3.8) is 0 Å². The second-order valence-corrected chi connectivity index (χ2v) is 5.24. The van der Waals surface area contributed by atoms with E-state index in [1.807, 2.05) is 38.2 Å². The normalized spacial score (nSPS) is 35.1. The first kappa shape index (κ1) is 13.0. The summed E-state index contributed by atoms with van der Waals surface area (Å²) < 4.78 is 11.4. The number of allylic oxidation sites excluding steroid dienone is 2. The molecule has 98 valence electrons. The lowest BCUT2D eigenvalue weighted by Gasteiger charge is -2.32. The van der Waals surface area contributed by atoms with E-state index in [2.05, 4.69) is 0 Å². The van der Waals surface area contributed by atoms with Crippen molar-refractivity contribution in [1.82, 2.24) is 0 Å². The second kappa shape index (κ2) is 4.65. The van der Waals surface area contributed by atoms with Crippen LogP contribution in [0.15, 0.2) is 48.0 Å². The van der Waals surface area contributed by atoms with Crippen LogP contribution in [0, 0.1) is 0 Å². The van der Waals surface area contributed by atoms with Gasteiger partial charge in [0.05, 0.1) is 5.60 Å². The van der Waals surface area contributed by atoms with Gasteiger partial charge in [-0.1, -0.05) is 0 Å². The molecule has 0 amide bonds. The molecule has 1 N–H and O–H groups in total. The zero-order valence-electron chi connectivity index (χ0n) is 11.1. The van der Waals surface area contributed by atoms with E-state index < -0.39 is 0 Å². The highest BCUT2D eigenvalue weighted by Gasteiger charge is 2.27. The first-order valence-corrected chi connectivity index (χ1v) is 6.17. The smallest absolute Gasteiger partial charge is 0.128 e. The predicted molar refractivity (Wildman–Crippen MR) is 71.2 cm³/mol. The highest BCUT2D eigenvalue weighted by molar-refractivity contribution is 5.27. The summed E-state index contributed by atoms with van der Waals surface area (Å²) in [5.41, 5.74) is -0.614. The van der Waals surface area contributed by atoms with Gasteiger partial charge >= 0.3 is 0 Å². The lowest BCUT2D eigenvalue weighted by atomic mass is 9.94. The van der Waals surface area contributed by atoms with Gasteiger partial charge in [0.15, 0.2) is 0 Å². The van der Waals surface area contributed by atoms with E-state index in [1.54, 1.807) is 19.3 Å². The standard InChI is InChI=1S/C15H20O3/c1-14(17-3)10-6-13(7-11-14)18-15(2)8-4-12(16)5-9-15/h4-8,10,16H,9,11H2,1-3H3. The molecule has 2 aliphatic rings. The van der Waals surface area contributed by atoms with Crippen LogP contribution in [0.4, 0.5) is 0 Å². The van der Waals surface area contributed by atoms with Crippen molar-refractivity contribution < 1.29 is 14.6 Å². The molecule has 0 spiro atoms. The van der Waals surface area contributed by atoms with Gasteiger partial charge in [0.2, 0.25) is 0 Å². The average molecular weight is 248 g/mol. The highest BCUT2D eigenvalue weighted by Crippen LogP contribution is 2.30. The van der Waals surface area contributed by atoms with Crippen LogP contribution < -0.4 is 0 Å². The van der Waals surface area contributed by atoms with E-state index in [-0.39, 0.29) is 11.2 Å². The van der Waals surface area contributed by atoms with Crippen LogP contribution in [0.5, 0.6) is 0 Å². The van der Waals surface area contributed by atoms with E-state index in [1.165, 1.54) is 0 Å². The summed E-state index contributed by atoms with van der Waals surface area (Å²) in [5.74, 6) is 1.16. The molecule has 0 bridgehead atoms. The van der Waals surface area contributed by atoms with Crippen molar-refractivity contribution in [3.05, 3.63) is 48.0 Å². The van der Waals surface area contributed by atoms with Crippen LogP contribution in [0.3, 0.4) is 0 Å². The van der Waals surface area contributed by atoms with Crippen LogP contribution in [0.1, 0.15) is 26.7 Å². The van der Waals surface area contributed by atoms with E-state index in [0.717, 1.165) is 12.2 Å². The van der Waals surface area contributed by atoms with Gasteiger partial charge in [0.25, 0.3) is 0 Å². The maximum absolute atomic E-state index is 9.32. The lowest BCUT2D eigenvalue weighted by Crippen LogP contribution is -2.29. The van der Waals surface area contributed by atoms with Gasteiger partial charge in [-0.05, 0) is 50.3 Å². The first-order chi connectivity index (χ1) is 8.45. The van der Waals surface area contributed by atoms with E-state index >= 15 is 0 Å². The Morgan fingerprint density at radius 3 is 2.22 bits per heavy atom. The molecule has 0 fully saturated rings. The molecule has 0 aromatic carbocycles. The van der Waals surface area contributed by atoms with Crippen LogP contribution in [0.2, 0.25) is 0 Å². The Morgan fingerprint density at radius 1 is 1.06 bits per heavy atom. The van der Waals surface area contributed by atoms with Gasteiger partial charge in [0, 0.05) is 20.0 Å². The van der Waals surface area contributed by atoms with Crippen molar-refractivity contribution in [1.29, 1.82) is 0 Å². The fraction of sp³-hybridized carbons (Fsp3) is 0.467. The van der Waals surface area contributed by atoms with Gasteiger partial charge < -0.3 is 14.6 Å². The summed E-state index contributed by atoms with van der Waals surface area (Å²) in [7, 11) is 1.71. The molecule has 0 aromatic rings. The summed E-state index contributed by atoms with van der Waals surface area (Å²) in [6.45, 7) is 4.05. The monoisotopic (exact) mass is 248 g/mol. The lowest BCUT2D eigenvalue weighted by molar-refractivity contribution is 0.0385. The Kier molecular flexibility index (Phi) is 3.35. The van der Waals surface area contributed by atoms with Crippen LogP contribution in [-0.4, -0.2) is 23.4 Å². The molecule has 0 aliphatic heterocycles. The van der Waals surface area contributed by atoms with Crippen molar-refractivity contribution in [2.45, 2.75) is 37.9 Å². The quantitative estimate of drug-likeness (QED) is 0.831. The number of aliphatic hydroxyl groups excluding tert-OH is 1. The molecule has 0 aromatic heterocycles. The minimum absolute atomic E-state index is 0.228. The Bertz CT molecular complexity index is 445. The maximum Gasteiger partial charge on any atom is 0.128 e. The third-order valence-electron chi connectivity index (χ3n) is 3.45. The number of rotatable bonds is 3. The van der Waals surface area contributed by atoms with Crippen LogP contribution >= 0.6 is 0 Å². The number of ether oxygens (including phenoxy) is 2. The molecule has 2 unspecified atom stereocenters. The molecule has 3 heteroatoms. The molecule has 18 heavy (non-hydrogen) atoms. The van der Waals surface area contributed by atoms with Gasteiger partial charge in [-0.2, -0.15) is 0 Å². The van der Waals surface area contributed by atoms with E-state index in [4.69, 9.17) is 9.47 Å². The minimum atomic E-state index is -0.386. The topological polar surface area (TPSA) is 38.7 Å². The predicted octanol–water partition coefficient (Wildman–Crippen LogP) is 3.41. The number of methoxy groups -OCH3 is 1. The molecule has 2 atom stereocenters. The molecular weight excluding hydrogens is 228 g/mol. The Balaban J connectivity index is 2.01. The van der Waals surface area contributed by atoms with Gasteiger partial charge in [-0.3, -0.25) is 0 Å². The Morgan fingerprint density at radius 2 is 1.72 bits per heavy atom. The molecule has 2 rings (SSSR count). The molecule has 2 aliphatic carbocycles. The number of hydrogen-bond acceptors (Lipinski definition) is 3. The largest absolute Gasteiger partial charge is 0.508 e. The molecule has 3 nitrogen and oxygen atoms in total. The van der Waals surface area contributed by atoms with Gasteiger partial charge in [0.1, 0.15) is 17.1 Å². The molecule has 0 saturated heterocycles. The summed E-state index contributed by atoms with van der Waals surface area (Å²) in [5, 5.41) is 9.32. The fourth-order valence-corrected chi connectivity index (χ4v) is 1.97. The van der Waals surface area contributed by atoms with Crippen molar-refractivity contribution in [2.24, 2.45) is 0 Å². The Labute approximate surface area is 108 Å². The summed E-state index contributed by atoms with van der Waals surface area (Å²) in [6, 6.07) is 0. The van der Waals surface area contributed by atoms with Gasteiger partial charge in [-0.15, -0.1) is 0 Å². The zero-order chi connectivity index (χ0) is 13.2. The Hall–Kier alpha value is -1.48. The molecular formula is C15H20O3. The van der Waals surface area contributed by atoms with Crippen LogP contribution in [0.25, 0.3) is 0 Å². The third-order valence-corrected chi connectivity index (χ3v) is 3.45. The summed E-state index contributed by atoms with van der Waals surface area (Å²) in [4.78, 5) is 0. The molecule has 0 radical (unpaired) electrons. The summed E-state index contributed by atoms with van der Waals surface area (Å²) >= 11 is 0. The minimum Gasteiger partial charge on any atom is -0.508 e. The van der Waals surface area contributed by atoms with E-state index in [9.17, 15) is 5.11 Å². The SMILES string of the molecule is COC1(C)C=CC(OC2(C)C=CC(O)=CC2)=CC1. The second-order valence-electron chi connectivity index (χ2n) is 5.24. The van der Waals surface area contributed by atoms with Crippen molar-refractivity contribution in [2.75, 3.05) is 7.11 Å². The number of hydrogen-bond donors (Lipinski definition) is 1. The van der Waals surface area contributed by atoms with Crippen molar-refractivity contribution in [3.8, 4) is 0 Å². The first-order valence-electron chi connectivity index (χ1n) is 6.17. The zero-order valence-corrected chi connectivity index (χ0v) is 11.1.